The van der Waals surface area contributed by atoms with E-state index in [0.717, 1.165) is 12.2 Å². The summed E-state index contributed by atoms with van der Waals surface area (Å²) in [6.07, 6.45) is 2.65. The average molecular weight is 294 g/mol. The summed E-state index contributed by atoms with van der Waals surface area (Å²) in [6, 6.07) is -0.975. The molecule has 3 N–H and O–H groups in total. The van der Waals surface area contributed by atoms with Crippen molar-refractivity contribution < 1.29 is 22.6 Å². The number of halogens is 1. The van der Waals surface area contributed by atoms with Gasteiger partial charge in [0.05, 0.1) is 17.4 Å². The van der Waals surface area contributed by atoms with Crippen LogP contribution in [0.5, 0.6) is 0 Å². The number of nitrogens with two attached hydrogens (primary N) is 1. The zero-order chi connectivity index (χ0) is 14.1. The van der Waals surface area contributed by atoms with E-state index in [1.165, 1.54) is 13.0 Å². The predicted molar refractivity (Wildman–Crippen MR) is 65.6 cm³/mol. The highest BCUT2D eigenvalue weighted by Gasteiger charge is 2.42. The molecule has 2 atom stereocenters. The summed E-state index contributed by atoms with van der Waals surface area (Å²) >= 11 is 5.99. The predicted octanol–water partition coefficient (Wildman–Crippen LogP) is 0.181. The number of alkyl halides is 1. The summed E-state index contributed by atoms with van der Waals surface area (Å²) in [5.41, 5.74) is 5.62. The summed E-state index contributed by atoms with van der Waals surface area (Å²) in [4.78, 5) is 20.4. The molecule has 0 bridgehead atoms. The van der Waals surface area contributed by atoms with Crippen LogP contribution in [0.3, 0.4) is 0 Å². The fourth-order valence-electron chi connectivity index (χ4n) is 1.48. The van der Waals surface area contributed by atoms with Crippen molar-refractivity contribution in [3.63, 3.8) is 0 Å². The number of carbonyl (C=O) groups excluding carboxylic acids is 2. The Hall–Kier alpha value is -1.02. The Morgan fingerprint density at radius 3 is 2.56 bits per heavy atom. The van der Waals surface area contributed by atoms with E-state index >= 15 is 0 Å². The monoisotopic (exact) mass is 293 g/mol. The Bertz CT molecular complexity index is 551. The highest BCUT2D eigenvalue weighted by Crippen LogP contribution is 2.31. The summed E-state index contributed by atoms with van der Waals surface area (Å²) in [5.74, 6) is -1.13. The van der Waals surface area contributed by atoms with Crippen LogP contribution in [-0.4, -0.2) is 35.5 Å². The zero-order valence-electron chi connectivity index (χ0n) is 9.46. The molecule has 2 unspecified atom stereocenters. The van der Waals surface area contributed by atoms with Gasteiger partial charge in [0, 0.05) is 0 Å². The van der Waals surface area contributed by atoms with Gasteiger partial charge in [0.15, 0.2) is 5.78 Å². The molecule has 0 aliphatic heterocycles. The molecule has 8 heteroatoms. The Balaban J connectivity index is 3.21. The quantitative estimate of drug-likeness (QED) is 0.434. The van der Waals surface area contributed by atoms with Gasteiger partial charge in [-0.05, 0) is 19.1 Å². The average Bonchev–Trinajstić information content (AvgIpc) is 2.19. The van der Waals surface area contributed by atoms with Gasteiger partial charge < -0.3 is 5.73 Å². The van der Waals surface area contributed by atoms with Crippen molar-refractivity contribution in [2.45, 2.75) is 24.3 Å². The Labute approximate surface area is 109 Å². The number of ketones is 2. The molecule has 0 spiro atoms. The van der Waals surface area contributed by atoms with Crippen molar-refractivity contribution >= 4 is 33.3 Å². The number of allylic oxidation sites excluding steroid dienone is 1. The third kappa shape index (κ3) is 3.05. The first-order valence-corrected chi connectivity index (χ1v) is 6.75. The lowest BCUT2D eigenvalue weighted by molar-refractivity contribution is -0.126. The number of hydrogen-bond acceptors (Lipinski definition) is 5. The lowest BCUT2D eigenvalue weighted by Gasteiger charge is -2.29. The molecule has 0 saturated heterocycles. The summed E-state index contributed by atoms with van der Waals surface area (Å²) < 4.78 is 30.9. The number of Topliss-reactive ketones (excluding diaryl/α,β-unsaturated/α-hetero) is 2. The lowest BCUT2D eigenvalue weighted by Crippen LogP contribution is -2.49. The Kier molecular flexibility index (Phi) is 4.12. The third-order valence-electron chi connectivity index (χ3n) is 2.44. The molecule has 6 nitrogen and oxygen atoms in total. The molecule has 100 valence electrons. The van der Waals surface area contributed by atoms with Crippen LogP contribution in [0.15, 0.2) is 23.1 Å². The van der Waals surface area contributed by atoms with E-state index in [2.05, 4.69) is 0 Å². The van der Waals surface area contributed by atoms with Crippen molar-refractivity contribution in [1.82, 2.24) is 0 Å². The molecule has 0 aromatic carbocycles. The van der Waals surface area contributed by atoms with Gasteiger partial charge in [-0.3, -0.25) is 14.1 Å². The first-order valence-electron chi connectivity index (χ1n) is 4.93. The van der Waals surface area contributed by atoms with Crippen molar-refractivity contribution in [3.05, 3.63) is 23.1 Å². The van der Waals surface area contributed by atoms with E-state index in [0.29, 0.717) is 0 Å². The topological polar surface area (TPSA) is 115 Å². The fraction of sp³-hybridized carbons (Fsp3) is 0.400. The van der Waals surface area contributed by atoms with Gasteiger partial charge in [0.25, 0.3) is 10.1 Å². The minimum atomic E-state index is -4.49. The molecule has 0 heterocycles. The molecule has 0 fully saturated rings. The highest BCUT2D eigenvalue weighted by atomic mass is 35.5. The van der Waals surface area contributed by atoms with Gasteiger partial charge in [0.2, 0.25) is 0 Å². The van der Waals surface area contributed by atoms with Gasteiger partial charge in [-0.15, -0.1) is 11.6 Å². The first-order chi connectivity index (χ1) is 8.07. The van der Waals surface area contributed by atoms with Crippen molar-refractivity contribution in [2.24, 2.45) is 5.73 Å². The molecule has 0 amide bonds. The Morgan fingerprint density at radius 1 is 1.56 bits per heavy atom. The fourth-order valence-corrected chi connectivity index (χ4v) is 2.39. The Morgan fingerprint density at radius 2 is 2.11 bits per heavy atom. The maximum Gasteiger partial charge on any atom is 0.294 e. The SMILES string of the molecule is CC(=O)CC(=O)C1(Cl)C=C(S(=O)(=O)O)C=CC1N. The van der Waals surface area contributed by atoms with Crippen LogP contribution in [0.2, 0.25) is 0 Å². The molecular formula is C10H12ClNO5S. The smallest absolute Gasteiger partial charge is 0.294 e. The van der Waals surface area contributed by atoms with Gasteiger partial charge >= 0.3 is 0 Å². The van der Waals surface area contributed by atoms with Gasteiger partial charge in [-0.1, -0.05) is 6.08 Å². The summed E-state index contributed by atoms with van der Waals surface area (Å²) in [5, 5.41) is 0. The van der Waals surface area contributed by atoms with E-state index in [9.17, 15) is 18.0 Å². The van der Waals surface area contributed by atoms with E-state index in [1.807, 2.05) is 0 Å². The largest absolute Gasteiger partial charge is 0.322 e. The second kappa shape index (κ2) is 4.93. The van der Waals surface area contributed by atoms with Crippen LogP contribution in [0.4, 0.5) is 0 Å². The molecule has 1 rings (SSSR count). The van der Waals surface area contributed by atoms with Crippen LogP contribution in [-0.2, 0) is 19.7 Å². The van der Waals surface area contributed by atoms with Gasteiger partial charge in [0.1, 0.15) is 10.7 Å². The van der Waals surface area contributed by atoms with Crippen LogP contribution in [0.1, 0.15) is 13.3 Å². The van der Waals surface area contributed by atoms with E-state index in [1.54, 1.807) is 0 Å². The maximum absolute atomic E-state index is 11.8. The van der Waals surface area contributed by atoms with Crippen molar-refractivity contribution in [2.75, 3.05) is 0 Å². The molecule has 0 aromatic heterocycles. The van der Waals surface area contributed by atoms with E-state index < -0.39 is 43.9 Å². The number of hydrogen-bond donors (Lipinski definition) is 2. The third-order valence-corrected chi connectivity index (χ3v) is 3.86. The van der Waals surface area contributed by atoms with Gasteiger partial charge in [-0.25, -0.2) is 0 Å². The maximum atomic E-state index is 11.8. The van der Waals surface area contributed by atoms with Crippen LogP contribution >= 0.6 is 11.6 Å². The minimum absolute atomic E-state index is 0.413. The molecule has 0 saturated carbocycles. The summed E-state index contributed by atoms with van der Waals surface area (Å²) in [7, 11) is -4.49. The van der Waals surface area contributed by atoms with Crippen LogP contribution in [0, 0.1) is 0 Å². The zero-order valence-corrected chi connectivity index (χ0v) is 11.0. The second-order valence-corrected chi connectivity index (χ2v) is 6.02. The molecule has 1 aliphatic carbocycles. The van der Waals surface area contributed by atoms with Crippen molar-refractivity contribution in [1.29, 1.82) is 0 Å². The standard InChI is InChI=1S/C10H12ClNO5S/c1-6(13)4-9(14)10(11)5-7(18(15,16)17)2-3-8(10)12/h2-3,5,8H,4,12H2,1H3,(H,15,16,17). The van der Waals surface area contributed by atoms with Crippen LogP contribution < -0.4 is 5.73 Å². The highest BCUT2D eigenvalue weighted by molar-refractivity contribution is 7.90. The molecule has 0 aromatic rings. The second-order valence-electron chi connectivity index (χ2n) is 3.98. The van der Waals surface area contributed by atoms with Crippen molar-refractivity contribution in [3.8, 4) is 0 Å². The number of carbonyl (C=O) groups is 2. The number of rotatable bonds is 4. The summed E-state index contributed by atoms with van der Waals surface area (Å²) in [6.45, 7) is 1.20. The molecule has 0 radical (unpaired) electrons. The minimum Gasteiger partial charge on any atom is -0.322 e. The molecule has 18 heavy (non-hydrogen) atoms. The lowest BCUT2D eigenvalue weighted by atomic mass is 9.88. The molecule has 1 aliphatic rings. The normalized spacial score (nSPS) is 27.8. The molecular weight excluding hydrogens is 282 g/mol. The van der Waals surface area contributed by atoms with E-state index in [4.69, 9.17) is 21.9 Å². The van der Waals surface area contributed by atoms with E-state index in [-0.39, 0.29) is 0 Å². The van der Waals surface area contributed by atoms with Crippen LogP contribution in [0.25, 0.3) is 0 Å². The van der Waals surface area contributed by atoms with Gasteiger partial charge in [-0.2, -0.15) is 8.42 Å². The first kappa shape index (κ1) is 15.0.